The summed E-state index contributed by atoms with van der Waals surface area (Å²) in [4.78, 5) is 13.6. The van der Waals surface area contributed by atoms with Gasteiger partial charge in [-0.1, -0.05) is 12.8 Å². The van der Waals surface area contributed by atoms with Gasteiger partial charge in [0.1, 0.15) is 0 Å². The minimum absolute atomic E-state index is 0.0821. The van der Waals surface area contributed by atoms with E-state index in [0.29, 0.717) is 0 Å². The molecule has 2 unspecified atom stereocenters. The zero-order chi connectivity index (χ0) is 9.84. The molecule has 1 amide bonds. The summed E-state index contributed by atoms with van der Waals surface area (Å²) < 4.78 is 0. The SMILES string of the molecule is CCN(C)C(=O)C1CCCCC1N. The van der Waals surface area contributed by atoms with Crippen LogP contribution in [0, 0.1) is 5.92 Å². The first-order valence-corrected chi connectivity index (χ1v) is 5.17. The van der Waals surface area contributed by atoms with Crippen LogP contribution in [0.5, 0.6) is 0 Å². The maximum absolute atomic E-state index is 11.8. The first-order chi connectivity index (χ1) is 6.16. The highest BCUT2D eigenvalue weighted by atomic mass is 16.2. The number of carbonyl (C=O) groups excluding carboxylic acids is 1. The molecular weight excluding hydrogens is 164 g/mol. The van der Waals surface area contributed by atoms with Gasteiger partial charge in [0.15, 0.2) is 0 Å². The van der Waals surface area contributed by atoms with Crippen molar-refractivity contribution in [3.8, 4) is 0 Å². The van der Waals surface area contributed by atoms with Crippen molar-refractivity contribution in [3.63, 3.8) is 0 Å². The Morgan fingerprint density at radius 1 is 1.46 bits per heavy atom. The average Bonchev–Trinajstić information content (AvgIpc) is 2.16. The second-order valence-electron chi connectivity index (χ2n) is 3.91. The molecule has 0 aliphatic heterocycles. The first-order valence-electron chi connectivity index (χ1n) is 5.17. The van der Waals surface area contributed by atoms with Gasteiger partial charge >= 0.3 is 0 Å². The molecule has 1 aliphatic rings. The highest BCUT2D eigenvalue weighted by Gasteiger charge is 2.29. The lowest BCUT2D eigenvalue weighted by atomic mass is 9.84. The monoisotopic (exact) mass is 184 g/mol. The molecule has 3 nitrogen and oxygen atoms in total. The summed E-state index contributed by atoms with van der Waals surface area (Å²) in [5, 5.41) is 0. The number of carbonyl (C=O) groups is 1. The minimum atomic E-state index is 0.0821. The summed E-state index contributed by atoms with van der Waals surface area (Å²) in [6.07, 6.45) is 4.32. The standard InChI is InChI=1S/C10H20N2O/c1-3-12(2)10(13)8-6-4-5-7-9(8)11/h8-9H,3-7,11H2,1-2H3. The van der Waals surface area contributed by atoms with Crippen molar-refractivity contribution in [1.29, 1.82) is 0 Å². The molecule has 2 N–H and O–H groups in total. The Hall–Kier alpha value is -0.570. The Kier molecular flexibility index (Phi) is 3.72. The fourth-order valence-corrected chi connectivity index (χ4v) is 1.91. The number of hydrogen-bond acceptors (Lipinski definition) is 2. The van der Waals surface area contributed by atoms with Gasteiger partial charge in [0.25, 0.3) is 0 Å². The molecule has 1 fully saturated rings. The van der Waals surface area contributed by atoms with Crippen LogP contribution >= 0.6 is 0 Å². The second-order valence-corrected chi connectivity index (χ2v) is 3.91. The van der Waals surface area contributed by atoms with E-state index >= 15 is 0 Å². The van der Waals surface area contributed by atoms with Crippen LogP contribution in [0.3, 0.4) is 0 Å². The van der Waals surface area contributed by atoms with Crippen molar-refractivity contribution >= 4 is 5.91 Å². The van der Waals surface area contributed by atoms with Gasteiger partial charge in [0.05, 0.1) is 5.92 Å². The third-order valence-electron chi connectivity index (χ3n) is 2.99. The molecule has 0 saturated heterocycles. The summed E-state index contributed by atoms with van der Waals surface area (Å²) in [6, 6.07) is 0.0928. The highest BCUT2D eigenvalue weighted by molar-refractivity contribution is 5.79. The van der Waals surface area contributed by atoms with E-state index in [-0.39, 0.29) is 17.9 Å². The molecule has 0 aromatic carbocycles. The Balaban J connectivity index is 2.53. The lowest BCUT2D eigenvalue weighted by molar-refractivity contribution is -0.135. The molecule has 1 saturated carbocycles. The van der Waals surface area contributed by atoms with Crippen LogP contribution in [-0.4, -0.2) is 30.4 Å². The molecule has 3 heteroatoms. The van der Waals surface area contributed by atoms with Crippen LogP contribution < -0.4 is 5.73 Å². The minimum Gasteiger partial charge on any atom is -0.346 e. The van der Waals surface area contributed by atoms with Gasteiger partial charge in [-0.15, -0.1) is 0 Å². The fourth-order valence-electron chi connectivity index (χ4n) is 1.91. The van der Waals surface area contributed by atoms with Crippen molar-refractivity contribution in [2.24, 2.45) is 11.7 Å². The van der Waals surface area contributed by atoms with Crippen LogP contribution in [-0.2, 0) is 4.79 Å². The van der Waals surface area contributed by atoms with Crippen molar-refractivity contribution < 1.29 is 4.79 Å². The van der Waals surface area contributed by atoms with E-state index in [0.717, 1.165) is 25.8 Å². The van der Waals surface area contributed by atoms with Gasteiger partial charge in [-0.05, 0) is 19.8 Å². The Labute approximate surface area is 80.3 Å². The molecule has 1 rings (SSSR count). The van der Waals surface area contributed by atoms with E-state index in [9.17, 15) is 4.79 Å². The van der Waals surface area contributed by atoms with Gasteiger partial charge in [-0.3, -0.25) is 4.79 Å². The Morgan fingerprint density at radius 2 is 2.08 bits per heavy atom. The largest absolute Gasteiger partial charge is 0.346 e. The predicted molar refractivity (Wildman–Crippen MR) is 53.2 cm³/mol. The number of hydrogen-bond donors (Lipinski definition) is 1. The zero-order valence-electron chi connectivity index (χ0n) is 8.62. The number of amides is 1. The summed E-state index contributed by atoms with van der Waals surface area (Å²) >= 11 is 0. The number of rotatable bonds is 2. The molecule has 0 bridgehead atoms. The lowest BCUT2D eigenvalue weighted by Gasteiger charge is -2.30. The van der Waals surface area contributed by atoms with Crippen molar-refractivity contribution in [2.45, 2.75) is 38.6 Å². The van der Waals surface area contributed by atoms with Crippen LogP contribution in [0.4, 0.5) is 0 Å². The van der Waals surface area contributed by atoms with Crippen molar-refractivity contribution in [2.75, 3.05) is 13.6 Å². The number of nitrogens with two attached hydrogens (primary N) is 1. The Morgan fingerprint density at radius 3 is 2.62 bits per heavy atom. The van der Waals surface area contributed by atoms with E-state index < -0.39 is 0 Å². The molecule has 0 aromatic heterocycles. The van der Waals surface area contributed by atoms with Crippen LogP contribution in [0.2, 0.25) is 0 Å². The Bertz CT molecular complexity index is 182. The smallest absolute Gasteiger partial charge is 0.226 e. The lowest BCUT2D eigenvalue weighted by Crippen LogP contribution is -2.44. The van der Waals surface area contributed by atoms with Crippen LogP contribution in [0.15, 0.2) is 0 Å². The maximum Gasteiger partial charge on any atom is 0.226 e. The summed E-state index contributed by atoms with van der Waals surface area (Å²) in [6.45, 7) is 2.77. The molecule has 0 aromatic rings. The molecular formula is C10H20N2O. The molecule has 0 spiro atoms. The maximum atomic E-state index is 11.8. The van der Waals surface area contributed by atoms with Crippen LogP contribution in [0.1, 0.15) is 32.6 Å². The second kappa shape index (κ2) is 4.61. The number of nitrogens with zero attached hydrogens (tertiary/aromatic N) is 1. The first kappa shape index (κ1) is 10.5. The molecule has 76 valence electrons. The third kappa shape index (κ3) is 2.44. The molecule has 0 heterocycles. The molecule has 13 heavy (non-hydrogen) atoms. The average molecular weight is 184 g/mol. The molecule has 1 aliphatic carbocycles. The van der Waals surface area contributed by atoms with Gasteiger partial charge in [0.2, 0.25) is 5.91 Å². The van der Waals surface area contributed by atoms with Gasteiger partial charge in [-0.25, -0.2) is 0 Å². The van der Waals surface area contributed by atoms with Gasteiger partial charge in [0, 0.05) is 19.6 Å². The normalized spacial score (nSPS) is 28.5. The molecule has 0 radical (unpaired) electrons. The van der Waals surface area contributed by atoms with E-state index in [1.54, 1.807) is 4.90 Å². The summed E-state index contributed by atoms with van der Waals surface area (Å²) in [5.74, 6) is 0.313. The topological polar surface area (TPSA) is 46.3 Å². The van der Waals surface area contributed by atoms with E-state index in [1.165, 1.54) is 6.42 Å². The fraction of sp³-hybridized carbons (Fsp3) is 0.900. The third-order valence-corrected chi connectivity index (χ3v) is 2.99. The highest BCUT2D eigenvalue weighted by Crippen LogP contribution is 2.24. The van der Waals surface area contributed by atoms with Gasteiger partial charge in [-0.2, -0.15) is 0 Å². The molecule has 2 atom stereocenters. The summed E-state index contributed by atoms with van der Waals surface area (Å²) in [5.41, 5.74) is 5.92. The van der Waals surface area contributed by atoms with E-state index in [1.807, 2.05) is 14.0 Å². The zero-order valence-corrected chi connectivity index (χ0v) is 8.62. The van der Waals surface area contributed by atoms with Crippen LogP contribution in [0.25, 0.3) is 0 Å². The summed E-state index contributed by atoms with van der Waals surface area (Å²) in [7, 11) is 1.85. The van der Waals surface area contributed by atoms with Crippen molar-refractivity contribution in [3.05, 3.63) is 0 Å². The van der Waals surface area contributed by atoms with Crippen molar-refractivity contribution in [1.82, 2.24) is 4.90 Å². The van der Waals surface area contributed by atoms with E-state index in [2.05, 4.69) is 0 Å². The van der Waals surface area contributed by atoms with E-state index in [4.69, 9.17) is 5.73 Å². The quantitative estimate of drug-likeness (QED) is 0.695. The van der Waals surface area contributed by atoms with Gasteiger partial charge < -0.3 is 10.6 Å². The predicted octanol–water partition coefficient (Wildman–Crippen LogP) is 0.982.